The number of hydrogen-bond acceptors (Lipinski definition) is 4. The van der Waals surface area contributed by atoms with E-state index in [9.17, 15) is 9.18 Å². The van der Waals surface area contributed by atoms with Crippen LogP contribution in [0.5, 0.6) is 0 Å². The van der Waals surface area contributed by atoms with E-state index in [0.717, 1.165) is 17.0 Å². The number of amides is 1. The normalized spacial score (nSPS) is 18.2. The Kier molecular flexibility index (Phi) is 3.98. The van der Waals surface area contributed by atoms with Gasteiger partial charge in [-0.05, 0) is 24.1 Å². The second-order valence-electron chi connectivity index (χ2n) is 5.23. The van der Waals surface area contributed by atoms with Crippen molar-refractivity contribution < 1.29 is 9.18 Å². The minimum Gasteiger partial charge on any atom is -0.336 e. The number of nitrogens with two attached hydrogens (primary N) is 1. The average molecular weight is 305 g/mol. The van der Waals surface area contributed by atoms with Crippen LogP contribution in [0, 0.1) is 5.82 Å². The van der Waals surface area contributed by atoms with E-state index in [-0.39, 0.29) is 17.8 Å². The van der Waals surface area contributed by atoms with E-state index in [1.165, 1.54) is 23.5 Å². The zero-order valence-electron chi connectivity index (χ0n) is 11.5. The monoisotopic (exact) mass is 305 g/mol. The average Bonchev–Trinajstić information content (AvgIpc) is 3.10. The molecule has 21 heavy (non-hydrogen) atoms. The summed E-state index contributed by atoms with van der Waals surface area (Å²) < 4.78 is 12.9. The molecular weight excluding hydrogens is 289 g/mol. The Morgan fingerprint density at radius 2 is 2.19 bits per heavy atom. The molecule has 1 atom stereocenters. The lowest BCUT2D eigenvalue weighted by molar-refractivity contribution is 0.0785. The number of likely N-dealkylation sites (tertiary alicyclic amines) is 1. The smallest absolute Gasteiger partial charge is 0.273 e. The van der Waals surface area contributed by atoms with Crippen LogP contribution in [0.25, 0.3) is 0 Å². The summed E-state index contributed by atoms with van der Waals surface area (Å²) in [6, 6.07) is 6.41. The molecular formula is C15H16FN3OS. The molecule has 0 unspecified atom stereocenters. The first-order valence-electron chi connectivity index (χ1n) is 6.85. The van der Waals surface area contributed by atoms with Gasteiger partial charge in [0, 0.05) is 30.9 Å². The highest BCUT2D eigenvalue weighted by Crippen LogP contribution is 2.18. The van der Waals surface area contributed by atoms with Gasteiger partial charge in [-0.1, -0.05) is 12.1 Å². The van der Waals surface area contributed by atoms with Crippen LogP contribution in [0.15, 0.2) is 29.6 Å². The largest absolute Gasteiger partial charge is 0.336 e. The van der Waals surface area contributed by atoms with Gasteiger partial charge in [-0.3, -0.25) is 4.79 Å². The summed E-state index contributed by atoms with van der Waals surface area (Å²) in [5.74, 6) is -0.302. The van der Waals surface area contributed by atoms with Gasteiger partial charge < -0.3 is 10.6 Å². The van der Waals surface area contributed by atoms with Gasteiger partial charge in [0.25, 0.3) is 5.91 Å². The van der Waals surface area contributed by atoms with Gasteiger partial charge in [0.2, 0.25) is 0 Å². The highest BCUT2D eigenvalue weighted by molar-refractivity contribution is 7.09. The first-order valence-corrected chi connectivity index (χ1v) is 7.73. The van der Waals surface area contributed by atoms with Gasteiger partial charge in [-0.2, -0.15) is 0 Å². The molecule has 1 fully saturated rings. The van der Waals surface area contributed by atoms with Crippen molar-refractivity contribution in [2.45, 2.75) is 18.9 Å². The van der Waals surface area contributed by atoms with E-state index in [0.29, 0.717) is 25.2 Å². The molecule has 0 saturated carbocycles. The van der Waals surface area contributed by atoms with Crippen molar-refractivity contribution in [1.29, 1.82) is 0 Å². The van der Waals surface area contributed by atoms with Crippen molar-refractivity contribution >= 4 is 17.2 Å². The fourth-order valence-corrected chi connectivity index (χ4v) is 3.20. The Morgan fingerprint density at radius 3 is 2.86 bits per heavy atom. The molecule has 1 saturated heterocycles. The molecule has 2 N–H and O–H groups in total. The van der Waals surface area contributed by atoms with E-state index in [1.807, 2.05) is 0 Å². The molecule has 2 aromatic rings. The number of aromatic nitrogens is 1. The predicted molar refractivity (Wildman–Crippen MR) is 79.8 cm³/mol. The van der Waals surface area contributed by atoms with Crippen LogP contribution in [-0.4, -0.2) is 34.9 Å². The van der Waals surface area contributed by atoms with Crippen LogP contribution in [0.4, 0.5) is 4.39 Å². The number of halogens is 1. The molecule has 1 aromatic carbocycles. The maximum Gasteiger partial charge on any atom is 0.273 e. The Balaban J connectivity index is 1.68. The van der Waals surface area contributed by atoms with Crippen LogP contribution in [0.1, 0.15) is 27.5 Å². The standard InChI is InChI=1S/C15H16FN3OS/c16-11-3-1-10(2-4-11)7-14-18-13(9-21-14)15(20)19-6-5-12(17)8-19/h1-4,9,12H,5-8,17H2/t12-/m0/s1. The molecule has 0 spiro atoms. The van der Waals surface area contributed by atoms with E-state index in [4.69, 9.17) is 5.73 Å². The lowest BCUT2D eigenvalue weighted by atomic mass is 10.1. The third-order valence-corrected chi connectivity index (χ3v) is 4.40. The van der Waals surface area contributed by atoms with E-state index in [1.54, 1.807) is 22.4 Å². The van der Waals surface area contributed by atoms with Crippen LogP contribution in [0.3, 0.4) is 0 Å². The number of carbonyl (C=O) groups is 1. The zero-order chi connectivity index (χ0) is 14.8. The number of rotatable bonds is 3. The first-order chi connectivity index (χ1) is 10.1. The number of thiazole rings is 1. The Hall–Kier alpha value is -1.79. The number of benzene rings is 1. The van der Waals surface area contributed by atoms with E-state index < -0.39 is 0 Å². The van der Waals surface area contributed by atoms with Gasteiger partial charge in [-0.15, -0.1) is 11.3 Å². The van der Waals surface area contributed by atoms with Gasteiger partial charge in [-0.25, -0.2) is 9.37 Å². The molecule has 6 heteroatoms. The van der Waals surface area contributed by atoms with Gasteiger partial charge in [0.1, 0.15) is 11.5 Å². The first kappa shape index (κ1) is 14.2. The Bertz CT molecular complexity index is 641. The van der Waals surface area contributed by atoms with Crippen molar-refractivity contribution in [2.75, 3.05) is 13.1 Å². The maximum absolute atomic E-state index is 12.9. The fraction of sp³-hybridized carbons (Fsp3) is 0.333. The molecule has 0 radical (unpaired) electrons. The molecule has 110 valence electrons. The van der Waals surface area contributed by atoms with E-state index in [2.05, 4.69) is 4.98 Å². The lowest BCUT2D eigenvalue weighted by Gasteiger charge is -2.13. The molecule has 4 nitrogen and oxygen atoms in total. The molecule has 0 aliphatic carbocycles. The minimum atomic E-state index is -0.251. The minimum absolute atomic E-state index is 0.0513. The second kappa shape index (κ2) is 5.91. The molecule has 1 aliphatic heterocycles. The van der Waals surface area contributed by atoms with E-state index >= 15 is 0 Å². The van der Waals surface area contributed by atoms with Crippen LogP contribution in [0.2, 0.25) is 0 Å². The van der Waals surface area contributed by atoms with Gasteiger partial charge >= 0.3 is 0 Å². The van der Waals surface area contributed by atoms with Crippen molar-refractivity contribution in [3.8, 4) is 0 Å². The third kappa shape index (κ3) is 3.28. The van der Waals surface area contributed by atoms with Gasteiger partial charge in [0.15, 0.2) is 0 Å². The van der Waals surface area contributed by atoms with Crippen LogP contribution >= 0.6 is 11.3 Å². The Labute approximate surface area is 126 Å². The summed E-state index contributed by atoms with van der Waals surface area (Å²) >= 11 is 1.45. The second-order valence-corrected chi connectivity index (χ2v) is 6.17. The maximum atomic E-state index is 12.9. The highest BCUT2D eigenvalue weighted by atomic mass is 32.1. The van der Waals surface area contributed by atoms with Crippen molar-refractivity contribution in [3.63, 3.8) is 0 Å². The van der Waals surface area contributed by atoms with Gasteiger partial charge in [0.05, 0.1) is 5.01 Å². The molecule has 1 aliphatic rings. The number of hydrogen-bond donors (Lipinski definition) is 1. The summed E-state index contributed by atoms with van der Waals surface area (Å²) in [6.45, 7) is 1.30. The molecule has 3 rings (SSSR count). The predicted octanol–water partition coefficient (Wildman–Crippen LogP) is 2.05. The number of nitrogens with zero attached hydrogens (tertiary/aromatic N) is 2. The Morgan fingerprint density at radius 1 is 1.43 bits per heavy atom. The summed E-state index contributed by atoms with van der Waals surface area (Å²) in [5, 5.41) is 2.64. The molecule has 1 aromatic heterocycles. The fourth-order valence-electron chi connectivity index (χ4n) is 2.40. The van der Waals surface area contributed by atoms with Crippen molar-refractivity contribution in [2.24, 2.45) is 5.73 Å². The third-order valence-electron chi connectivity index (χ3n) is 3.55. The summed E-state index contributed by atoms with van der Waals surface area (Å²) in [6.07, 6.45) is 1.45. The summed E-state index contributed by atoms with van der Waals surface area (Å²) in [7, 11) is 0. The zero-order valence-corrected chi connectivity index (χ0v) is 12.3. The van der Waals surface area contributed by atoms with Crippen molar-refractivity contribution in [3.05, 3.63) is 51.7 Å². The lowest BCUT2D eigenvalue weighted by Crippen LogP contribution is -2.32. The summed E-state index contributed by atoms with van der Waals surface area (Å²) in [4.78, 5) is 18.4. The number of carbonyl (C=O) groups excluding carboxylic acids is 1. The molecule has 2 heterocycles. The highest BCUT2D eigenvalue weighted by Gasteiger charge is 2.25. The molecule has 1 amide bonds. The van der Waals surface area contributed by atoms with Crippen LogP contribution in [-0.2, 0) is 6.42 Å². The quantitative estimate of drug-likeness (QED) is 0.944. The topological polar surface area (TPSA) is 59.2 Å². The SMILES string of the molecule is N[C@H]1CCN(C(=O)c2csc(Cc3ccc(F)cc3)n2)C1. The van der Waals surface area contributed by atoms with Crippen molar-refractivity contribution in [1.82, 2.24) is 9.88 Å². The van der Waals surface area contributed by atoms with Crippen LogP contribution < -0.4 is 5.73 Å². The summed E-state index contributed by atoms with van der Waals surface area (Å²) in [5.41, 5.74) is 7.28. The molecule has 0 bridgehead atoms.